The maximum Gasteiger partial charge on any atom is 0.416 e. The van der Waals surface area contributed by atoms with Crippen LogP contribution in [-0.4, -0.2) is 5.91 Å². The summed E-state index contributed by atoms with van der Waals surface area (Å²) in [4.78, 5) is 12.3. The molecule has 0 fully saturated rings. The number of carbonyl (C=O) groups is 1. The van der Waals surface area contributed by atoms with E-state index in [4.69, 9.17) is 27.6 Å². The van der Waals surface area contributed by atoms with Crippen LogP contribution in [0.3, 0.4) is 0 Å². The lowest BCUT2D eigenvalue weighted by molar-refractivity contribution is -0.137. The van der Waals surface area contributed by atoms with Crippen LogP contribution in [-0.2, 0) is 11.0 Å². The van der Waals surface area contributed by atoms with Crippen molar-refractivity contribution in [2.24, 2.45) is 0 Å². The van der Waals surface area contributed by atoms with E-state index in [0.717, 1.165) is 18.2 Å². The van der Waals surface area contributed by atoms with Crippen LogP contribution in [0.1, 0.15) is 11.3 Å². The number of alkyl halides is 3. The smallest absolute Gasteiger partial charge is 0.416 e. The van der Waals surface area contributed by atoms with Crippen molar-refractivity contribution < 1.29 is 22.4 Å². The van der Waals surface area contributed by atoms with Gasteiger partial charge in [0.25, 0.3) is 5.91 Å². The molecule has 0 saturated heterocycles. The zero-order chi connectivity index (χ0) is 21.9. The number of nitriles is 1. The predicted molar refractivity (Wildman–Crippen MR) is 108 cm³/mol. The van der Waals surface area contributed by atoms with E-state index in [1.54, 1.807) is 30.3 Å². The van der Waals surface area contributed by atoms with Gasteiger partial charge >= 0.3 is 6.18 Å². The molecule has 0 aliphatic carbocycles. The average Bonchev–Trinajstić information content (AvgIpc) is 3.16. The topological polar surface area (TPSA) is 66.0 Å². The summed E-state index contributed by atoms with van der Waals surface area (Å²) < 4.78 is 44.0. The Morgan fingerprint density at radius 3 is 2.57 bits per heavy atom. The highest BCUT2D eigenvalue weighted by molar-refractivity contribution is 6.35. The number of anilines is 1. The second-order valence-electron chi connectivity index (χ2n) is 6.03. The number of benzene rings is 2. The molecule has 1 aromatic heterocycles. The molecule has 2 aromatic carbocycles. The summed E-state index contributed by atoms with van der Waals surface area (Å²) in [7, 11) is 0. The highest BCUT2D eigenvalue weighted by atomic mass is 35.5. The van der Waals surface area contributed by atoms with Crippen molar-refractivity contribution in [1.82, 2.24) is 0 Å². The van der Waals surface area contributed by atoms with E-state index in [-0.39, 0.29) is 17.0 Å². The summed E-state index contributed by atoms with van der Waals surface area (Å²) >= 11 is 12.1. The Morgan fingerprint density at radius 1 is 1.10 bits per heavy atom. The van der Waals surface area contributed by atoms with Crippen LogP contribution in [0.15, 0.2) is 64.6 Å². The van der Waals surface area contributed by atoms with E-state index in [1.165, 1.54) is 18.2 Å². The minimum Gasteiger partial charge on any atom is -0.457 e. The van der Waals surface area contributed by atoms with Gasteiger partial charge in [-0.3, -0.25) is 4.79 Å². The molecule has 30 heavy (non-hydrogen) atoms. The number of rotatable bonds is 4. The van der Waals surface area contributed by atoms with Crippen LogP contribution in [0, 0.1) is 11.3 Å². The molecule has 0 spiro atoms. The van der Waals surface area contributed by atoms with Crippen molar-refractivity contribution in [2.75, 3.05) is 5.32 Å². The molecule has 1 amide bonds. The molecular weight excluding hydrogens is 440 g/mol. The number of furan rings is 1. The fourth-order valence-electron chi connectivity index (χ4n) is 2.52. The van der Waals surface area contributed by atoms with E-state index in [2.05, 4.69) is 5.32 Å². The molecule has 1 N–H and O–H groups in total. The summed E-state index contributed by atoms with van der Waals surface area (Å²) in [6, 6.07) is 13.7. The van der Waals surface area contributed by atoms with Crippen LogP contribution >= 0.6 is 23.2 Å². The molecule has 152 valence electrons. The van der Waals surface area contributed by atoms with Crippen LogP contribution in [0.5, 0.6) is 0 Å². The first kappa shape index (κ1) is 21.5. The minimum absolute atomic E-state index is 0.0955. The molecular formula is C21H11Cl2F3N2O2. The molecule has 3 rings (SSSR count). The van der Waals surface area contributed by atoms with Crippen molar-refractivity contribution in [3.63, 3.8) is 0 Å². The second-order valence-corrected chi connectivity index (χ2v) is 6.87. The summed E-state index contributed by atoms with van der Waals surface area (Å²) in [5.41, 5.74) is -0.847. The minimum atomic E-state index is -4.55. The zero-order valence-electron chi connectivity index (χ0n) is 14.9. The number of hydrogen-bond donors (Lipinski definition) is 1. The summed E-state index contributed by atoms with van der Waals surface area (Å²) in [5, 5.41) is 12.4. The number of carbonyl (C=O) groups excluding carboxylic acids is 1. The monoisotopic (exact) mass is 450 g/mol. The second kappa shape index (κ2) is 8.66. The number of halogens is 5. The van der Waals surface area contributed by atoms with Gasteiger partial charge in [0.2, 0.25) is 0 Å². The number of hydrogen-bond acceptors (Lipinski definition) is 3. The Balaban J connectivity index is 1.83. The molecule has 9 heteroatoms. The Morgan fingerprint density at radius 2 is 1.87 bits per heavy atom. The first-order valence-corrected chi connectivity index (χ1v) is 9.08. The lowest BCUT2D eigenvalue weighted by Crippen LogP contribution is -2.14. The molecule has 0 aliphatic rings. The van der Waals surface area contributed by atoms with Gasteiger partial charge in [-0.05, 0) is 48.5 Å². The number of amides is 1. The standard InChI is InChI=1S/C21H11Cl2F3N2O2/c22-14-4-6-18(23)17(10-14)19-7-5-16(30-19)8-12(11-27)20(29)28-15-3-1-2-13(9-15)21(24,25)26/h1-10H,(H,28,29)/b12-8+. The van der Waals surface area contributed by atoms with Crippen LogP contribution in [0.2, 0.25) is 10.0 Å². The molecule has 0 bridgehead atoms. The van der Waals surface area contributed by atoms with Crippen LogP contribution in [0.25, 0.3) is 17.4 Å². The Kier molecular flexibility index (Phi) is 6.20. The third-order valence-electron chi connectivity index (χ3n) is 3.92. The number of nitrogens with one attached hydrogen (secondary N) is 1. The summed E-state index contributed by atoms with van der Waals surface area (Å²) in [6.07, 6.45) is -3.38. The van der Waals surface area contributed by atoms with Gasteiger partial charge in [0.1, 0.15) is 23.2 Å². The fraction of sp³-hybridized carbons (Fsp3) is 0.0476. The Hall–Kier alpha value is -3.21. The molecule has 0 aliphatic heterocycles. The normalized spacial score (nSPS) is 11.8. The van der Waals surface area contributed by atoms with Gasteiger partial charge in [-0.15, -0.1) is 0 Å². The van der Waals surface area contributed by atoms with Gasteiger partial charge in [-0.1, -0.05) is 29.3 Å². The van der Waals surface area contributed by atoms with Gasteiger partial charge < -0.3 is 9.73 Å². The molecule has 3 aromatic rings. The van der Waals surface area contributed by atoms with E-state index in [1.807, 2.05) is 0 Å². The van der Waals surface area contributed by atoms with Crippen molar-refractivity contribution in [3.8, 4) is 17.4 Å². The maximum absolute atomic E-state index is 12.8. The molecule has 0 radical (unpaired) electrons. The van der Waals surface area contributed by atoms with E-state index >= 15 is 0 Å². The van der Waals surface area contributed by atoms with Gasteiger partial charge in [0, 0.05) is 22.3 Å². The molecule has 4 nitrogen and oxygen atoms in total. The third-order valence-corrected chi connectivity index (χ3v) is 4.48. The van der Waals surface area contributed by atoms with Gasteiger partial charge in [-0.2, -0.15) is 18.4 Å². The van der Waals surface area contributed by atoms with Gasteiger partial charge in [-0.25, -0.2) is 0 Å². The largest absolute Gasteiger partial charge is 0.457 e. The van der Waals surface area contributed by atoms with Crippen molar-refractivity contribution in [2.45, 2.75) is 6.18 Å². The predicted octanol–water partition coefficient (Wildman–Crippen LogP) is 6.82. The fourth-order valence-corrected chi connectivity index (χ4v) is 2.91. The van der Waals surface area contributed by atoms with Crippen molar-refractivity contribution in [3.05, 3.63) is 81.5 Å². The Labute approximate surface area is 179 Å². The third kappa shape index (κ3) is 5.03. The average molecular weight is 451 g/mol. The van der Waals surface area contributed by atoms with E-state index in [0.29, 0.717) is 21.4 Å². The Bertz CT molecular complexity index is 1180. The maximum atomic E-state index is 12.8. The van der Waals surface area contributed by atoms with E-state index in [9.17, 15) is 23.2 Å². The lowest BCUT2D eigenvalue weighted by atomic mass is 10.1. The quantitative estimate of drug-likeness (QED) is 0.350. The summed E-state index contributed by atoms with van der Waals surface area (Å²) in [5.74, 6) is -0.336. The van der Waals surface area contributed by atoms with E-state index < -0.39 is 17.6 Å². The zero-order valence-corrected chi connectivity index (χ0v) is 16.4. The first-order valence-electron chi connectivity index (χ1n) is 8.33. The highest BCUT2D eigenvalue weighted by Gasteiger charge is 2.30. The van der Waals surface area contributed by atoms with Crippen molar-refractivity contribution in [1.29, 1.82) is 5.26 Å². The first-order chi connectivity index (χ1) is 14.2. The van der Waals surface area contributed by atoms with Crippen LogP contribution < -0.4 is 5.32 Å². The number of nitrogens with zero attached hydrogens (tertiary/aromatic N) is 1. The molecule has 0 unspecified atom stereocenters. The molecule has 1 heterocycles. The highest BCUT2D eigenvalue weighted by Crippen LogP contribution is 2.33. The van der Waals surface area contributed by atoms with Gasteiger partial charge in [0.05, 0.1) is 10.6 Å². The van der Waals surface area contributed by atoms with Crippen molar-refractivity contribution >= 4 is 40.9 Å². The van der Waals surface area contributed by atoms with Crippen LogP contribution in [0.4, 0.5) is 18.9 Å². The summed E-state index contributed by atoms with van der Waals surface area (Å²) in [6.45, 7) is 0. The molecule has 0 atom stereocenters. The van der Waals surface area contributed by atoms with Gasteiger partial charge in [0.15, 0.2) is 0 Å². The lowest BCUT2D eigenvalue weighted by Gasteiger charge is -2.09. The SMILES string of the molecule is N#C/C(=C\c1ccc(-c2cc(Cl)ccc2Cl)o1)C(=O)Nc1cccc(C(F)(F)F)c1. The molecule has 0 saturated carbocycles.